The zero-order chi connectivity index (χ0) is 13.0. The Labute approximate surface area is 108 Å². The van der Waals surface area contributed by atoms with Gasteiger partial charge in [0.2, 0.25) is 0 Å². The fourth-order valence-corrected chi connectivity index (χ4v) is 2.53. The predicted octanol–water partition coefficient (Wildman–Crippen LogP) is 5.05. The van der Waals surface area contributed by atoms with Crippen LogP contribution < -0.4 is 0 Å². The fourth-order valence-electron chi connectivity index (χ4n) is 1.21. The van der Waals surface area contributed by atoms with E-state index in [1.54, 1.807) is 0 Å². The topological polar surface area (TPSA) is 9.23 Å². The Hall–Kier alpha value is 0.467. The zero-order valence-corrected chi connectivity index (χ0v) is 13.9. The first-order chi connectivity index (χ1) is 7.02. The minimum atomic E-state index is -1.59. The molecule has 0 amide bonds. The van der Waals surface area contributed by atoms with Crippen molar-refractivity contribution >= 4 is 19.9 Å². The van der Waals surface area contributed by atoms with Gasteiger partial charge in [-0.25, -0.2) is 0 Å². The molecule has 0 spiro atoms. The van der Waals surface area contributed by atoms with Crippen molar-refractivity contribution in [3.05, 3.63) is 0 Å². The van der Waals surface area contributed by atoms with Gasteiger partial charge in [0.25, 0.3) is 0 Å². The van der Waals surface area contributed by atoms with Crippen molar-refractivity contribution < 1.29 is 4.43 Å². The van der Waals surface area contributed by atoms with Crippen molar-refractivity contribution in [3.8, 4) is 0 Å². The van der Waals surface area contributed by atoms with E-state index in [4.69, 9.17) is 16.0 Å². The summed E-state index contributed by atoms with van der Waals surface area (Å²) in [6.45, 7) is 16.9. The van der Waals surface area contributed by atoms with Gasteiger partial charge in [0, 0.05) is 12.5 Å². The largest absolute Gasteiger partial charge is 0.416 e. The van der Waals surface area contributed by atoms with E-state index in [9.17, 15) is 0 Å². The highest BCUT2D eigenvalue weighted by atomic mass is 35.5. The maximum Gasteiger partial charge on any atom is 0.192 e. The Morgan fingerprint density at radius 3 is 1.94 bits per heavy atom. The van der Waals surface area contributed by atoms with E-state index in [1.165, 1.54) is 0 Å². The van der Waals surface area contributed by atoms with Crippen LogP contribution in [0.5, 0.6) is 0 Å². The molecule has 0 aromatic rings. The first kappa shape index (κ1) is 16.5. The highest BCUT2D eigenvalue weighted by Gasteiger charge is 2.38. The van der Waals surface area contributed by atoms with Gasteiger partial charge in [0.05, 0.1) is 0 Å². The molecule has 0 saturated heterocycles. The van der Waals surface area contributed by atoms with Crippen LogP contribution in [0, 0.1) is 5.41 Å². The van der Waals surface area contributed by atoms with Crippen molar-refractivity contribution in [1.29, 1.82) is 0 Å². The van der Waals surface area contributed by atoms with Gasteiger partial charge in [-0.05, 0) is 36.4 Å². The van der Waals surface area contributed by atoms with Crippen LogP contribution in [0.4, 0.5) is 0 Å². The second kappa shape index (κ2) is 5.88. The van der Waals surface area contributed by atoms with Crippen molar-refractivity contribution in [2.45, 2.75) is 65.6 Å². The Balaban J connectivity index is 4.23. The van der Waals surface area contributed by atoms with Crippen LogP contribution in [0.25, 0.3) is 0 Å². The molecule has 0 unspecified atom stereocenters. The molecule has 0 aromatic carbocycles. The smallest absolute Gasteiger partial charge is 0.192 e. The number of rotatable bonds is 6. The molecule has 0 bridgehead atoms. The highest BCUT2D eigenvalue weighted by Crippen LogP contribution is 2.38. The Bertz CT molecular complexity index is 206. The quantitative estimate of drug-likeness (QED) is 0.482. The molecule has 0 aliphatic rings. The number of halogens is 1. The summed E-state index contributed by atoms with van der Waals surface area (Å²) in [4.78, 5) is 0. The summed E-state index contributed by atoms with van der Waals surface area (Å²) in [5.41, 5.74) is 0.254. The van der Waals surface area contributed by atoms with Crippen LogP contribution in [-0.2, 0) is 4.43 Å². The normalized spacial score (nSPS) is 14.2. The van der Waals surface area contributed by atoms with Crippen LogP contribution in [0.15, 0.2) is 0 Å². The van der Waals surface area contributed by atoms with Gasteiger partial charge in [-0.2, -0.15) is 0 Å². The number of alkyl halides is 1. The molecule has 0 fully saturated rings. The average Bonchev–Trinajstić information content (AvgIpc) is 2.10. The van der Waals surface area contributed by atoms with Gasteiger partial charge in [-0.1, -0.05) is 34.6 Å². The average molecular weight is 265 g/mol. The summed E-state index contributed by atoms with van der Waals surface area (Å²) in [5, 5.41) is 0.301. The molecule has 0 saturated carbocycles. The molecule has 0 radical (unpaired) electrons. The molecule has 0 aromatic heterocycles. The van der Waals surface area contributed by atoms with Gasteiger partial charge in [-0.15, -0.1) is 11.6 Å². The molecular weight excluding hydrogens is 236 g/mol. The van der Waals surface area contributed by atoms with Crippen molar-refractivity contribution in [3.63, 3.8) is 0 Å². The maximum atomic E-state index is 6.25. The van der Waals surface area contributed by atoms with E-state index < -0.39 is 8.32 Å². The molecule has 1 nitrogen and oxygen atoms in total. The third kappa shape index (κ3) is 5.69. The minimum absolute atomic E-state index is 0.254. The van der Waals surface area contributed by atoms with Gasteiger partial charge >= 0.3 is 0 Å². The lowest BCUT2D eigenvalue weighted by Gasteiger charge is -2.39. The van der Waals surface area contributed by atoms with Crippen LogP contribution in [-0.4, -0.2) is 20.8 Å². The summed E-state index contributed by atoms with van der Waals surface area (Å²) >= 11 is 5.74. The standard InChI is InChI=1S/C13H29ClOSi/c1-12(2,3)16(6,7)15-11-13(4,5)9-8-10-14/h8-11H2,1-7H3. The number of hydrogen-bond acceptors (Lipinski definition) is 1. The lowest BCUT2D eigenvalue weighted by atomic mass is 9.89. The van der Waals surface area contributed by atoms with Crippen molar-refractivity contribution in [1.82, 2.24) is 0 Å². The Kier molecular flexibility index (Phi) is 6.05. The second-order valence-corrected chi connectivity index (χ2v) is 12.2. The van der Waals surface area contributed by atoms with E-state index in [2.05, 4.69) is 47.7 Å². The molecule has 16 heavy (non-hydrogen) atoms. The molecule has 0 aliphatic carbocycles. The number of hydrogen-bond donors (Lipinski definition) is 0. The van der Waals surface area contributed by atoms with Crippen LogP contribution in [0.3, 0.4) is 0 Å². The molecule has 3 heteroatoms. The van der Waals surface area contributed by atoms with E-state index in [0.29, 0.717) is 5.04 Å². The Morgan fingerprint density at radius 1 is 1.06 bits per heavy atom. The van der Waals surface area contributed by atoms with Crippen LogP contribution >= 0.6 is 11.6 Å². The van der Waals surface area contributed by atoms with Gasteiger partial charge in [-0.3, -0.25) is 0 Å². The summed E-state index contributed by atoms with van der Waals surface area (Å²) in [5.74, 6) is 0.753. The molecule has 0 N–H and O–H groups in total. The second-order valence-electron chi connectivity index (χ2n) is 7.01. The molecule has 0 heterocycles. The van der Waals surface area contributed by atoms with E-state index in [1.807, 2.05) is 0 Å². The van der Waals surface area contributed by atoms with E-state index >= 15 is 0 Å². The van der Waals surface area contributed by atoms with E-state index in [-0.39, 0.29) is 5.41 Å². The van der Waals surface area contributed by atoms with Gasteiger partial charge in [0.1, 0.15) is 0 Å². The lowest BCUT2D eigenvalue weighted by molar-refractivity contribution is 0.155. The highest BCUT2D eigenvalue weighted by molar-refractivity contribution is 6.74. The molecule has 0 rings (SSSR count). The first-order valence-corrected chi connectivity index (χ1v) is 9.66. The first-order valence-electron chi connectivity index (χ1n) is 6.22. The maximum absolute atomic E-state index is 6.25. The van der Waals surface area contributed by atoms with E-state index in [0.717, 1.165) is 25.3 Å². The summed E-state index contributed by atoms with van der Waals surface area (Å²) in [7, 11) is -1.59. The Morgan fingerprint density at radius 2 is 1.56 bits per heavy atom. The third-order valence-electron chi connectivity index (χ3n) is 3.62. The van der Waals surface area contributed by atoms with Crippen molar-refractivity contribution in [2.24, 2.45) is 5.41 Å². The van der Waals surface area contributed by atoms with Crippen LogP contribution in [0.1, 0.15) is 47.5 Å². The zero-order valence-electron chi connectivity index (χ0n) is 12.1. The molecule has 0 atom stereocenters. The molecule has 0 aliphatic heterocycles. The van der Waals surface area contributed by atoms with Crippen molar-refractivity contribution in [2.75, 3.05) is 12.5 Å². The minimum Gasteiger partial charge on any atom is -0.416 e. The SMILES string of the molecule is CC(C)(CCCCl)CO[Si](C)(C)C(C)(C)C. The summed E-state index contributed by atoms with van der Waals surface area (Å²) in [6, 6.07) is 0. The fraction of sp³-hybridized carbons (Fsp3) is 1.00. The summed E-state index contributed by atoms with van der Waals surface area (Å²) < 4.78 is 6.25. The lowest BCUT2D eigenvalue weighted by Crippen LogP contribution is -2.43. The molecule has 98 valence electrons. The third-order valence-corrected chi connectivity index (χ3v) is 8.36. The van der Waals surface area contributed by atoms with Crippen LogP contribution in [0.2, 0.25) is 18.1 Å². The van der Waals surface area contributed by atoms with Gasteiger partial charge < -0.3 is 4.43 Å². The molecular formula is C13H29ClOSi. The predicted molar refractivity (Wildman–Crippen MR) is 76.9 cm³/mol. The van der Waals surface area contributed by atoms with Gasteiger partial charge in [0.15, 0.2) is 8.32 Å². The summed E-state index contributed by atoms with van der Waals surface area (Å²) in [6.07, 6.45) is 2.22. The monoisotopic (exact) mass is 264 g/mol.